The molecule has 1 aliphatic heterocycles. The zero-order chi connectivity index (χ0) is 19.1. The minimum absolute atomic E-state index is 0.160. The van der Waals surface area contributed by atoms with E-state index in [1.165, 1.54) is 19.0 Å². The minimum Gasteiger partial charge on any atom is -0.351 e. The summed E-state index contributed by atoms with van der Waals surface area (Å²) in [5.41, 5.74) is 3.96. The van der Waals surface area contributed by atoms with Gasteiger partial charge in [-0.05, 0) is 36.8 Å². The molecule has 3 aromatic heterocycles. The van der Waals surface area contributed by atoms with Crippen molar-refractivity contribution in [1.82, 2.24) is 25.2 Å². The van der Waals surface area contributed by atoms with Crippen LogP contribution in [-0.4, -0.2) is 37.6 Å². The predicted molar refractivity (Wildman–Crippen MR) is 98.3 cm³/mol. The molecule has 0 spiro atoms. The van der Waals surface area contributed by atoms with E-state index in [2.05, 4.69) is 20.3 Å². The van der Waals surface area contributed by atoms with E-state index in [1.807, 2.05) is 13.1 Å². The smallest absolute Gasteiger partial charge is 0.292 e. The SMILES string of the molecule is Cc1ncc2c(c1-c1noc(CCC3CC3)n1)CCN(C(=O)c1ccno1)C2. The van der Waals surface area contributed by atoms with E-state index in [4.69, 9.17) is 9.05 Å². The number of aromatic nitrogens is 4. The Balaban J connectivity index is 1.40. The summed E-state index contributed by atoms with van der Waals surface area (Å²) in [6, 6.07) is 1.58. The fourth-order valence-corrected chi connectivity index (χ4v) is 3.79. The van der Waals surface area contributed by atoms with Crippen LogP contribution in [0, 0.1) is 12.8 Å². The molecule has 0 bridgehead atoms. The lowest BCUT2D eigenvalue weighted by Gasteiger charge is -2.29. The fraction of sp³-hybridized carbons (Fsp3) is 0.450. The van der Waals surface area contributed by atoms with Gasteiger partial charge in [0.1, 0.15) is 0 Å². The van der Waals surface area contributed by atoms with E-state index < -0.39 is 0 Å². The molecule has 0 N–H and O–H groups in total. The lowest BCUT2D eigenvalue weighted by Crippen LogP contribution is -2.36. The number of carbonyl (C=O) groups is 1. The Bertz CT molecular complexity index is 1010. The van der Waals surface area contributed by atoms with Crippen molar-refractivity contribution in [3.63, 3.8) is 0 Å². The van der Waals surface area contributed by atoms with Gasteiger partial charge in [0.25, 0.3) is 5.91 Å². The van der Waals surface area contributed by atoms with Crippen LogP contribution in [0.15, 0.2) is 27.5 Å². The normalized spacial score (nSPS) is 16.2. The maximum atomic E-state index is 12.6. The maximum Gasteiger partial charge on any atom is 0.292 e. The van der Waals surface area contributed by atoms with Crippen LogP contribution in [0.3, 0.4) is 0 Å². The third kappa shape index (κ3) is 3.19. The first-order chi connectivity index (χ1) is 13.7. The van der Waals surface area contributed by atoms with Crippen molar-refractivity contribution in [1.29, 1.82) is 0 Å². The van der Waals surface area contributed by atoms with Gasteiger partial charge in [0.05, 0.1) is 6.20 Å². The Morgan fingerprint density at radius 1 is 1.32 bits per heavy atom. The van der Waals surface area contributed by atoms with Gasteiger partial charge in [-0.25, -0.2) is 0 Å². The largest absolute Gasteiger partial charge is 0.351 e. The molecule has 0 unspecified atom stereocenters. The van der Waals surface area contributed by atoms with Crippen LogP contribution in [0.1, 0.15) is 52.5 Å². The Kier molecular flexibility index (Phi) is 4.18. The first-order valence-electron chi connectivity index (χ1n) is 9.69. The monoisotopic (exact) mass is 379 g/mol. The zero-order valence-electron chi connectivity index (χ0n) is 15.7. The number of hydrogen-bond acceptors (Lipinski definition) is 7. The van der Waals surface area contributed by atoms with Gasteiger partial charge in [-0.15, -0.1) is 0 Å². The average molecular weight is 379 g/mol. The van der Waals surface area contributed by atoms with E-state index in [0.29, 0.717) is 31.2 Å². The molecule has 1 fully saturated rings. The van der Waals surface area contributed by atoms with E-state index in [9.17, 15) is 4.79 Å². The van der Waals surface area contributed by atoms with Crippen molar-refractivity contribution < 1.29 is 13.8 Å². The van der Waals surface area contributed by atoms with E-state index in [-0.39, 0.29) is 11.7 Å². The van der Waals surface area contributed by atoms with Gasteiger partial charge >= 0.3 is 0 Å². The molecule has 28 heavy (non-hydrogen) atoms. The molecule has 5 rings (SSSR count). The molecular weight excluding hydrogens is 358 g/mol. The molecule has 0 saturated heterocycles. The Hall–Kier alpha value is -3.03. The number of fused-ring (bicyclic) bond motifs is 1. The standard InChI is InChI=1S/C20H21N5O3/c1-12-18(19-23-17(28-24-19)5-4-13-2-3-13)15-7-9-25(11-14(15)10-21-12)20(26)16-6-8-22-27-16/h6,8,10,13H,2-5,7,9,11H2,1H3. The Labute approximate surface area is 161 Å². The van der Waals surface area contributed by atoms with Crippen molar-refractivity contribution in [2.45, 2.75) is 45.6 Å². The van der Waals surface area contributed by atoms with E-state index in [1.54, 1.807) is 11.0 Å². The van der Waals surface area contributed by atoms with Crippen molar-refractivity contribution in [3.8, 4) is 11.4 Å². The van der Waals surface area contributed by atoms with Crippen LogP contribution < -0.4 is 0 Å². The highest BCUT2D eigenvalue weighted by Crippen LogP contribution is 2.34. The molecule has 1 aliphatic carbocycles. The van der Waals surface area contributed by atoms with Gasteiger partial charge in [0.2, 0.25) is 17.5 Å². The molecule has 8 heteroatoms. The summed E-state index contributed by atoms with van der Waals surface area (Å²) in [5, 5.41) is 7.84. The van der Waals surface area contributed by atoms with E-state index >= 15 is 0 Å². The second-order valence-corrected chi connectivity index (χ2v) is 7.57. The van der Waals surface area contributed by atoms with Crippen LogP contribution in [0.4, 0.5) is 0 Å². The highest BCUT2D eigenvalue weighted by Gasteiger charge is 2.28. The highest BCUT2D eigenvalue weighted by molar-refractivity contribution is 5.91. The van der Waals surface area contributed by atoms with Crippen LogP contribution in [-0.2, 0) is 19.4 Å². The maximum absolute atomic E-state index is 12.6. The number of hydrogen-bond donors (Lipinski definition) is 0. The summed E-state index contributed by atoms with van der Waals surface area (Å²) < 4.78 is 10.5. The van der Waals surface area contributed by atoms with Gasteiger partial charge < -0.3 is 13.9 Å². The molecule has 1 amide bonds. The summed E-state index contributed by atoms with van der Waals surface area (Å²) in [6.07, 6.45) is 8.61. The molecule has 4 heterocycles. The third-order valence-corrected chi connectivity index (χ3v) is 5.55. The minimum atomic E-state index is -0.160. The summed E-state index contributed by atoms with van der Waals surface area (Å²) in [4.78, 5) is 23.5. The number of carbonyl (C=O) groups excluding carboxylic acids is 1. The van der Waals surface area contributed by atoms with Gasteiger partial charge in [-0.3, -0.25) is 9.78 Å². The number of pyridine rings is 1. The topological polar surface area (TPSA) is 98.2 Å². The molecule has 3 aromatic rings. The Morgan fingerprint density at radius 3 is 3.00 bits per heavy atom. The predicted octanol–water partition coefficient (Wildman–Crippen LogP) is 2.97. The van der Waals surface area contributed by atoms with Gasteiger partial charge in [0, 0.05) is 43.0 Å². The molecule has 144 valence electrons. The summed E-state index contributed by atoms with van der Waals surface area (Å²) in [6.45, 7) is 3.03. The molecule has 1 saturated carbocycles. The summed E-state index contributed by atoms with van der Waals surface area (Å²) in [7, 11) is 0. The van der Waals surface area contributed by atoms with Crippen LogP contribution in [0.2, 0.25) is 0 Å². The van der Waals surface area contributed by atoms with Crippen LogP contribution in [0.5, 0.6) is 0 Å². The van der Waals surface area contributed by atoms with Crippen LogP contribution in [0.25, 0.3) is 11.4 Å². The zero-order valence-corrected chi connectivity index (χ0v) is 15.7. The molecular formula is C20H21N5O3. The number of nitrogens with zero attached hydrogens (tertiary/aromatic N) is 5. The molecule has 8 nitrogen and oxygen atoms in total. The highest BCUT2D eigenvalue weighted by atomic mass is 16.5. The van der Waals surface area contributed by atoms with E-state index in [0.717, 1.165) is 41.1 Å². The second kappa shape index (κ2) is 6.85. The number of aryl methyl sites for hydroxylation is 2. The third-order valence-electron chi connectivity index (χ3n) is 5.55. The van der Waals surface area contributed by atoms with Crippen molar-refractivity contribution >= 4 is 5.91 Å². The molecule has 0 radical (unpaired) electrons. The molecule has 2 aliphatic rings. The lowest BCUT2D eigenvalue weighted by molar-refractivity contribution is 0.0692. The lowest BCUT2D eigenvalue weighted by atomic mass is 9.94. The van der Waals surface area contributed by atoms with Crippen molar-refractivity contribution in [3.05, 3.63) is 46.9 Å². The fourth-order valence-electron chi connectivity index (χ4n) is 3.79. The summed E-state index contributed by atoms with van der Waals surface area (Å²) >= 11 is 0. The van der Waals surface area contributed by atoms with Crippen molar-refractivity contribution in [2.24, 2.45) is 5.92 Å². The molecule has 0 atom stereocenters. The Morgan fingerprint density at radius 2 is 2.21 bits per heavy atom. The average Bonchev–Trinajstić information content (AvgIpc) is 3.18. The van der Waals surface area contributed by atoms with Crippen molar-refractivity contribution in [2.75, 3.05) is 6.54 Å². The second-order valence-electron chi connectivity index (χ2n) is 7.57. The number of amides is 1. The number of rotatable bonds is 5. The van der Waals surface area contributed by atoms with Gasteiger partial charge in [-0.2, -0.15) is 4.98 Å². The summed E-state index contributed by atoms with van der Waals surface area (Å²) in [5.74, 6) is 2.21. The van der Waals surface area contributed by atoms with Gasteiger partial charge in [-0.1, -0.05) is 23.2 Å². The van der Waals surface area contributed by atoms with Crippen LogP contribution >= 0.6 is 0 Å². The first kappa shape index (κ1) is 17.1. The quantitative estimate of drug-likeness (QED) is 0.672. The van der Waals surface area contributed by atoms with Gasteiger partial charge in [0.15, 0.2) is 0 Å². The molecule has 0 aromatic carbocycles. The first-order valence-corrected chi connectivity index (χ1v) is 9.69.